The van der Waals surface area contributed by atoms with E-state index in [4.69, 9.17) is 16.0 Å². The Morgan fingerprint density at radius 2 is 1.79 bits per heavy atom. The SMILES string of the molecule is Cc1ccc(S(=O)(=O)O)cc1N=Nc1ccc(N)cc1NC(N)=O. The van der Waals surface area contributed by atoms with Crippen LogP contribution < -0.4 is 16.8 Å². The van der Waals surface area contributed by atoms with Gasteiger partial charge in [0.05, 0.1) is 16.3 Å². The van der Waals surface area contributed by atoms with Gasteiger partial charge >= 0.3 is 6.03 Å². The molecule has 0 saturated heterocycles. The van der Waals surface area contributed by atoms with Gasteiger partial charge in [-0.3, -0.25) is 4.55 Å². The summed E-state index contributed by atoms with van der Waals surface area (Å²) >= 11 is 0. The fourth-order valence-electron chi connectivity index (χ4n) is 1.84. The first-order valence-corrected chi connectivity index (χ1v) is 8.06. The predicted molar refractivity (Wildman–Crippen MR) is 89.2 cm³/mol. The van der Waals surface area contributed by atoms with Crippen molar-refractivity contribution in [1.29, 1.82) is 0 Å². The fraction of sp³-hybridized carbons (Fsp3) is 0.0714. The molecule has 2 aromatic rings. The number of amides is 2. The van der Waals surface area contributed by atoms with Crippen LogP contribution in [-0.2, 0) is 10.1 Å². The number of nitrogens with two attached hydrogens (primary N) is 2. The molecule has 0 aliphatic heterocycles. The quantitative estimate of drug-likeness (QED) is 0.378. The number of nitrogens with zero attached hydrogens (tertiary/aromatic N) is 2. The minimum Gasteiger partial charge on any atom is -0.399 e. The maximum absolute atomic E-state index is 11.2. The van der Waals surface area contributed by atoms with Gasteiger partial charge in [0.25, 0.3) is 10.1 Å². The maximum Gasteiger partial charge on any atom is 0.316 e. The third-order valence-electron chi connectivity index (χ3n) is 3.02. The van der Waals surface area contributed by atoms with Crippen LogP contribution in [0, 0.1) is 6.92 Å². The molecule has 0 saturated carbocycles. The summed E-state index contributed by atoms with van der Waals surface area (Å²) in [5, 5.41) is 10.3. The molecule has 24 heavy (non-hydrogen) atoms. The van der Waals surface area contributed by atoms with Gasteiger partial charge in [0.1, 0.15) is 5.69 Å². The van der Waals surface area contributed by atoms with Crippen LogP contribution in [0.2, 0.25) is 0 Å². The molecule has 0 bridgehead atoms. The number of aryl methyl sites for hydroxylation is 1. The number of anilines is 2. The lowest BCUT2D eigenvalue weighted by Crippen LogP contribution is -2.19. The van der Waals surface area contributed by atoms with Gasteiger partial charge < -0.3 is 16.8 Å². The Morgan fingerprint density at radius 3 is 2.42 bits per heavy atom. The second-order valence-corrected chi connectivity index (χ2v) is 6.31. The monoisotopic (exact) mass is 349 g/mol. The molecule has 0 spiro atoms. The first kappa shape index (κ1) is 17.4. The van der Waals surface area contributed by atoms with E-state index in [0.29, 0.717) is 11.3 Å². The number of hydrogen-bond acceptors (Lipinski definition) is 6. The summed E-state index contributed by atoms with van der Waals surface area (Å²) in [7, 11) is -4.35. The summed E-state index contributed by atoms with van der Waals surface area (Å²) in [4.78, 5) is 10.7. The molecule has 0 unspecified atom stereocenters. The molecule has 2 amide bonds. The third kappa shape index (κ3) is 4.27. The molecule has 9 nitrogen and oxygen atoms in total. The number of carbonyl (C=O) groups excluding carboxylic acids is 1. The van der Waals surface area contributed by atoms with E-state index in [9.17, 15) is 13.2 Å². The van der Waals surface area contributed by atoms with Gasteiger partial charge in [-0.2, -0.15) is 13.5 Å². The molecule has 2 aromatic carbocycles. The molecule has 6 N–H and O–H groups in total. The highest BCUT2D eigenvalue weighted by Gasteiger charge is 2.11. The van der Waals surface area contributed by atoms with E-state index >= 15 is 0 Å². The lowest BCUT2D eigenvalue weighted by atomic mass is 10.2. The van der Waals surface area contributed by atoms with Gasteiger partial charge in [-0.25, -0.2) is 4.79 Å². The summed E-state index contributed by atoms with van der Waals surface area (Å²) in [5.41, 5.74) is 12.5. The molecule has 0 heterocycles. The normalized spacial score (nSPS) is 11.6. The number of hydrogen-bond donors (Lipinski definition) is 4. The van der Waals surface area contributed by atoms with E-state index in [-0.39, 0.29) is 22.0 Å². The van der Waals surface area contributed by atoms with Gasteiger partial charge in [-0.05, 0) is 42.8 Å². The van der Waals surface area contributed by atoms with Gasteiger partial charge in [-0.1, -0.05) is 6.07 Å². The second kappa shape index (κ2) is 6.64. The number of benzene rings is 2. The largest absolute Gasteiger partial charge is 0.399 e. The predicted octanol–water partition coefficient (Wildman–Crippen LogP) is 2.73. The number of urea groups is 1. The van der Waals surface area contributed by atoms with Crippen molar-refractivity contribution in [3.05, 3.63) is 42.0 Å². The van der Waals surface area contributed by atoms with Gasteiger partial charge in [0.15, 0.2) is 0 Å². The molecule has 0 aromatic heterocycles. The van der Waals surface area contributed by atoms with E-state index in [1.807, 2.05) is 0 Å². The minimum atomic E-state index is -4.35. The summed E-state index contributed by atoms with van der Waals surface area (Å²) in [6, 6.07) is 7.68. The summed E-state index contributed by atoms with van der Waals surface area (Å²) < 4.78 is 31.5. The highest BCUT2D eigenvalue weighted by molar-refractivity contribution is 7.85. The first-order chi connectivity index (χ1) is 11.2. The fourth-order valence-corrected chi connectivity index (χ4v) is 2.34. The van der Waals surface area contributed by atoms with Crippen molar-refractivity contribution in [2.45, 2.75) is 11.8 Å². The van der Waals surface area contributed by atoms with Crippen molar-refractivity contribution < 1.29 is 17.8 Å². The molecular weight excluding hydrogens is 334 g/mol. The number of primary amides is 1. The lowest BCUT2D eigenvalue weighted by molar-refractivity contribution is 0.259. The number of nitrogens with one attached hydrogen (secondary N) is 1. The molecule has 0 aliphatic carbocycles. The number of carbonyl (C=O) groups is 1. The molecule has 126 valence electrons. The molecular formula is C14H15N5O4S. The van der Waals surface area contributed by atoms with Gasteiger partial charge in [0.2, 0.25) is 0 Å². The Bertz CT molecular complexity index is 925. The average molecular weight is 349 g/mol. The zero-order valence-corrected chi connectivity index (χ0v) is 13.4. The molecule has 10 heteroatoms. The van der Waals surface area contributed by atoms with Crippen molar-refractivity contribution in [3.63, 3.8) is 0 Å². The second-order valence-electron chi connectivity index (χ2n) is 4.89. The highest BCUT2D eigenvalue weighted by Crippen LogP contribution is 2.30. The molecule has 0 atom stereocenters. The van der Waals surface area contributed by atoms with E-state index < -0.39 is 16.1 Å². The van der Waals surface area contributed by atoms with Crippen LogP contribution in [0.15, 0.2) is 51.5 Å². The first-order valence-electron chi connectivity index (χ1n) is 6.62. The standard InChI is InChI=1S/C14H15N5O4S/c1-8-2-4-10(24(21,22)23)7-12(8)19-18-11-5-3-9(15)6-13(11)17-14(16)20/h2-7H,15H2,1H3,(H3,16,17,20)(H,21,22,23). The van der Waals surface area contributed by atoms with Crippen LogP contribution in [0.3, 0.4) is 0 Å². The molecule has 0 fully saturated rings. The molecule has 2 rings (SSSR count). The smallest absolute Gasteiger partial charge is 0.316 e. The number of azo groups is 1. The van der Waals surface area contributed by atoms with Crippen LogP contribution in [-0.4, -0.2) is 19.0 Å². The Balaban J connectivity index is 2.43. The topological polar surface area (TPSA) is 160 Å². The van der Waals surface area contributed by atoms with Crippen molar-refractivity contribution >= 4 is 38.9 Å². The number of rotatable bonds is 4. The van der Waals surface area contributed by atoms with Crippen molar-refractivity contribution in [3.8, 4) is 0 Å². The summed E-state index contributed by atoms with van der Waals surface area (Å²) in [5.74, 6) is 0. The van der Waals surface area contributed by atoms with E-state index in [0.717, 1.165) is 0 Å². The number of nitrogen functional groups attached to an aromatic ring is 1. The van der Waals surface area contributed by atoms with E-state index in [1.165, 1.54) is 30.3 Å². The Hall–Kier alpha value is -2.98. The third-order valence-corrected chi connectivity index (χ3v) is 3.87. The van der Waals surface area contributed by atoms with Crippen molar-refractivity contribution in [1.82, 2.24) is 0 Å². The average Bonchev–Trinajstić information content (AvgIpc) is 2.46. The molecule has 0 radical (unpaired) electrons. The van der Waals surface area contributed by atoms with Crippen LogP contribution in [0.5, 0.6) is 0 Å². The minimum absolute atomic E-state index is 0.243. The Labute approximate surface area is 138 Å². The highest BCUT2D eigenvalue weighted by atomic mass is 32.2. The van der Waals surface area contributed by atoms with Gasteiger partial charge in [-0.15, -0.1) is 5.11 Å². The van der Waals surface area contributed by atoms with Gasteiger partial charge in [0, 0.05) is 5.69 Å². The molecule has 0 aliphatic rings. The van der Waals surface area contributed by atoms with E-state index in [2.05, 4.69) is 15.5 Å². The summed E-state index contributed by atoms with van der Waals surface area (Å²) in [6.45, 7) is 1.70. The van der Waals surface area contributed by atoms with Crippen LogP contribution in [0.25, 0.3) is 0 Å². The van der Waals surface area contributed by atoms with Crippen LogP contribution in [0.4, 0.5) is 27.5 Å². The maximum atomic E-state index is 11.2. The van der Waals surface area contributed by atoms with Crippen LogP contribution >= 0.6 is 0 Å². The van der Waals surface area contributed by atoms with Crippen molar-refractivity contribution in [2.24, 2.45) is 16.0 Å². The lowest BCUT2D eigenvalue weighted by Gasteiger charge is -2.06. The van der Waals surface area contributed by atoms with E-state index in [1.54, 1.807) is 13.0 Å². The van der Waals surface area contributed by atoms with Crippen molar-refractivity contribution in [2.75, 3.05) is 11.1 Å². The Kier molecular flexibility index (Phi) is 4.81. The zero-order chi connectivity index (χ0) is 17.9. The summed E-state index contributed by atoms with van der Waals surface area (Å²) in [6.07, 6.45) is 0. The van der Waals surface area contributed by atoms with Crippen LogP contribution in [0.1, 0.15) is 5.56 Å². The Morgan fingerprint density at radius 1 is 1.12 bits per heavy atom. The zero-order valence-electron chi connectivity index (χ0n) is 12.6.